The van der Waals surface area contributed by atoms with Crippen molar-refractivity contribution in [3.63, 3.8) is 0 Å². The molecule has 2 aromatic carbocycles. The highest BCUT2D eigenvalue weighted by molar-refractivity contribution is 6.15. The molecule has 1 atom stereocenters. The zero-order chi connectivity index (χ0) is 19.3. The fraction of sp³-hybridized carbons (Fsp3) is 0.143. The van der Waals surface area contributed by atoms with Crippen molar-refractivity contribution in [3.05, 3.63) is 77.7 Å². The Bertz CT molecular complexity index is 1060. The number of hydrogen-bond donors (Lipinski definition) is 2. The molecule has 3 aromatic rings. The van der Waals surface area contributed by atoms with Crippen molar-refractivity contribution >= 4 is 28.7 Å². The number of carbonyl (C=O) groups is 1. The lowest BCUT2D eigenvalue weighted by molar-refractivity contribution is -0.115. The number of guanidine groups is 1. The molecule has 0 bridgehead atoms. The van der Waals surface area contributed by atoms with E-state index in [1.165, 1.54) is 0 Å². The molecule has 7 heteroatoms. The molecule has 0 spiro atoms. The number of methoxy groups -OCH3 is 1. The Labute approximate surface area is 162 Å². The summed E-state index contributed by atoms with van der Waals surface area (Å²) < 4.78 is 5.29. The Hall–Kier alpha value is -3.58. The summed E-state index contributed by atoms with van der Waals surface area (Å²) in [6.07, 6.45) is 5.18. The first-order chi connectivity index (χ1) is 13.7. The van der Waals surface area contributed by atoms with Gasteiger partial charge in [-0.2, -0.15) is 10.2 Å². The van der Waals surface area contributed by atoms with Gasteiger partial charge >= 0.3 is 0 Å². The van der Waals surface area contributed by atoms with Crippen LogP contribution < -0.4 is 10.6 Å². The summed E-state index contributed by atoms with van der Waals surface area (Å²) in [6.45, 7) is 0.413. The largest absolute Gasteiger partial charge is 0.382 e. The number of rotatable bonds is 5. The molecule has 28 heavy (non-hydrogen) atoms. The smallest absolute Gasteiger partial charge is 0.274 e. The molecule has 1 aliphatic heterocycles. The van der Waals surface area contributed by atoms with Crippen molar-refractivity contribution in [2.75, 3.05) is 13.7 Å². The standard InChI is InChI=1S/C21H19N5O2/c1-28-13-19(15-5-3-2-4-6-15)25-21-24-18(20(27)26-21)10-14-7-8-16-11-22-23-12-17(16)9-14/h2-12,19H,13H2,1H3,(H2,24,25,26,27)/b18-10-/t19-/m0/s1. The second-order valence-electron chi connectivity index (χ2n) is 6.37. The predicted octanol–water partition coefficient (Wildman–Crippen LogP) is 2.43. The van der Waals surface area contributed by atoms with Gasteiger partial charge in [0.15, 0.2) is 0 Å². The van der Waals surface area contributed by atoms with Gasteiger partial charge in [-0.3, -0.25) is 10.1 Å². The van der Waals surface area contributed by atoms with Crippen molar-refractivity contribution < 1.29 is 9.53 Å². The number of fused-ring (bicyclic) bond motifs is 1. The average molecular weight is 373 g/mol. The SMILES string of the molecule is COC[C@H](N=C1NC(=O)/C(=C/c2ccc3cnncc3c2)N1)c1ccccc1. The van der Waals surface area contributed by atoms with Crippen LogP contribution in [-0.2, 0) is 9.53 Å². The van der Waals surface area contributed by atoms with E-state index < -0.39 is 0 Å². The van der Waals surface area contributed by atoms with Gasteiger partial charge < -0.3 is 10.1 Å². The highest BCUT2D eigenvalue weighted by atomic mass is 16.5. The molecule has 1 amide bonds. The van der Waals surface area contributed by atoms with E-state index in [-0.39, 0.29) is 11.9 Å². The van der Waals surface area contributed by atoms with E-state index in [0.29, 0.717) is 18.3 Å². The quantitative estimate of drug-likeness (QED) is 0.671. The van der Waals surface area contributed by atoms with E-state index >= 15 is 0 Å². The lowest BCUT2D eigenvalue weighted by atomic mass is 10.1. The summed E-state index contributed by atoms with van der Waals surface area (Å²) in [5.74, 6) is 0.185. The van der Waals surface area contributed by atoms with Crippen LogP contribution in [0.1, 0.15) is 17.2 Å². The maximum atomic E-state index is 12.4. The van der Waals surface area contributed by atoms with Crippen molar-refractivity contribution in [2.45, 2.75) is 6.04 Å². The van der Waals surface area contributed by atoms with Gasteiger partial charge in [0.1, 0.15) is 11.7 Å². The molecule has 2 heterocycles. The van der Waals surface area contributed by atoms with Crippen LogP contribution in [0.5, 0.6) is 0 Å². The Morgan fingerprint density at radius 1 is 1.07 bits per heavy atom. The molecule has 1 aliphatic rings. The second kappa shape index (κ2) is 7.98. The summed E-state index contributed by atoms with van der Waals surface area (Å²) in [7, 11) is 1.63. The first-order valence-corrected chi connectivity index (χ1v) is 8.85. The van der Waals surface area contributed by atoms with E-state index in [4.69, 9.17) is 4.74 Å². The van der Waals surface area contributed by atoms with Gasteiger partial charge in [-0.1, -0.05) is 42.5 Å². The van der Waals surface area contributed by atoms with Gasteiger partial charge in [0, 0.05) is 17.9 Å². The first-order valence-electron chi connectivity index (χ1n) is 8.85. The van der Waals surface area contributed by atoms with E-state index in [1.54, 1.807) is 25.6 Å². The zero-order valence-corrected chi connectivity index (χ0v) is 15.3. The van der Waals surface area contributed by atoms with Crippen LogP contribution in [0.4, 0.5) is 0 Å². The second-order valence-corrected chi connectivity index (χ2v) is 6.37. The molecular formula is C21H19N5O2. The van der Waals surface area contributed by atoms with Crippen LogP contribution in [0.25, 0.3) is 16.8 Å². The summed E-state index contributed by atoms with van der Waals surface area (Å²) >= 11 is 0. The number of nitrogens with zero attached hydrogens (tertiary/aromatic N) is 3. The number of nitrogens with one attached hydrogen (secondary N) is 2. The van der Waals surface area contributed by atoms with Crippen LogP contribution in [0.2, 0.25) is 0 Å². The Morgan fingerprint density at radius 2 is 1.86 bits per heavy atom. The molecule has 0 saturated carbocycles. The van der Waals surface area contributed by atoms with Crippen LogP contribution in [0, 0.1) is 0 Å². The highest BCUT2D eigenvalue weighted by Crippen LogP contribution is 2.19. The molecular weight excluding hydrogens is 354 g/mol. The fourth-order valence-corrected chi connectivity index (χ4v) is 3.02. The van der Waals surface area contributed by atoms with Crippen LogP contribution in [0.15, 0.2) is 71.6 Å². The van der Waals surface area contributed by atoms with E-state index in [9.17, 15) is 4.79 Å². The maximum absolute atomic E-state index is 12.4. The molecule has 2 N–H and O–H groups in total. The number of aromatic nitrogens is 2. The van der Waals surface area contributed by atoms with Crippen LogP contribution in [-0.4, -0.2) is 35.8 Å². The molecule has 0 aliphatic carbocycles. The molecule has 140 valence electrons. The van der Waals surface area contributed by atoms with Gasteiger partial charge in [-0.25, -0.2) is 4.99 Å². The number of carbonyl (C=O) groups excluding carboxylic acids is 1. The monoisotopic (exact) mass is 373 g/mol. The molecule has 0 radical (unpaired) electrons. The molecule has 0 unspecified atom stereocenters. The lowest BCUT2D eigenvalue weighted by Gasteiger charge is -2.12. The minimum Gasteiger partial charge on any atom is -0.382 e. The zero-order valence-electron chi connectivity index (χ0n) is 15.3. The minimum atomic E-state index is -0.226. The molecule has 1 fully saturated rings. The summed E-state index contributed by atoms with van der Waals surface area (Å²) in [5.41, 5.74) is 2.33. The summed E-state index contributed by atoms with van der Waals surface area (Å²) in [4.78, 5) is 17.0. The molecule has 7 nitrogen and oxygen atoms in total. The number of benzene rings is 2. The number of ether oxygens (including phenoxy) is 1. The third-order valence-electron chi connectivity index (χ3n) is 4.41. The summed E-state index contributed by atoms with van der Waals surface area (Å²) in [5, 5.41) is 15.6. The van der Waals surface area contributed by atoms with Gasteiger partial charge in [-0.05, 0) is 23.3 Å². The topological polar surface area (TPSA) is 88.5 Å². The number of hydrogen-bond acceptors (Lipinski definition) is 5. The summed E-state index contributed by atoms with van der Waals surface area (Å²) in [6, 6.07) is 15.4. The Kier molecular flexibility index (Phi) is 5.07. The third-order valence-corrected chi connectivity index (χ3v) is 4.41. The minimum absolute atomic E-state index is 0.215. The van der Waals surface area contributed by atoms with Gasteiger partial charge in [0.25, 0.3) is 5.91 Å². The van der Waals surface area contributed by atoms with E-state index in [0.717, 1.165) is 21.9 Å². The predicted molar refractivity (Wildman–Crippen MR) is 107 cm³/mol. The molecule has 4 rings (SSSR count). The molecule has 1 saturated heterocycles. The molecule has 1 aromatic heterocycles. The van der Waals surface area contributed by atoms with Gasteiger partial charge in [-0.15, -0.1) is 0 Å². The van der Waals surface area contributed by atoms with Crippen molar-refractivity contribution in [2.24, 2.45) is 4.99 Å². The first kappa shape index (κ1) is 17.8. The average Bonchev–Trinajstić information content (AvgIpc) is 3.07. The number of aliphatic imine (C=N–C) groups is 1. The van der Waals surface area contributed by atoms with Crippen molar-refractivity contribution in [3.8, 4) is 0 Å². The third kappa shape index (κ3) is 3.89. The van der Waals surface area contributed by atoms with Gasteiger partial charge in [0.05, 0.1) is 19.0 Å². The normalized spacial score (nSPS) is 17.7. The number of amides is 1. The lowest BCUT2D eigenvalue weighted by Crippen LogP contribution is -2.26. The van der Waals surface area contributed by atoms with Gasteiger partial charge in [0.2, 0.25) is 5.96 Å². The van der Waals surface area contributed by atoms with Crippen molar-refractivity contribution in [1.29, 1.82) is 0 Å². The highest BCUT2D eigenvalue weighted by Gasteiger charge is 2.23. The van der Waals surface area contributed by atoms with Crippen LogP contribution in [0.3, 0.4) is 0 Å². The Balaban J connectivity index is 1.58. The van der Waals surface area contributed by atoms with Crippen molar-refractivity contribution in [1.82, 2.24) is 20.8 Å². The van der Waals surface area contributed by atoms with Crippen LogP contribution >= 0.6 is 0 Å². The fourth-order valence-electron chi connectivity index (χ4n) is 3.02. The van der Waals surface area contributed by atoms with E-state index in [1.807, 2.05) is 48.5 Å². The van der Waals surface area contributed by atoms with E-state index in [2.05, 4.69) is 25.8 Å². The Morgan fingerprint density at radius 3 is 2.64 bits per heavy atom. The maximum Gasteiger partial charge on any atom is 0.274 e.